The van der Waals surface area contributed by atoms with E-state index in [1.165, 1.54) is 11.3 Å². The van der Waals surface area contributed by atoms with Crippen molar-refractivity contribution in [1.29, 1.82) is 0 Å². The van der Waals surface area contributed by atoms with Crippen LogP contribution in [0.2, 0.25) is 0 Å². The van der Waals surface area contributed by atoms with Crippen LogP contribution < -0.4 is 5.32 Å². The Balaban J connectivity index is 1.54. The Labute approximate surface area is 155 Å². The van der Waals surface area contributed by atoms with E-state index in [4.69, 9.17) is 4.74 Å². The predicted molar refractivity (Wildman–Crippen MR) is 102 cm³/mol. The van der Waals surface area contributed by atoms with E-state index >= 15 is 0 Å². The third kappa shape index (κ3) is 3.20. The van der Waals surface area contributed by atoms with Crippen LogP contribution in [0.1, 0.15) is 26.2 Å². The molecule has 134 valence electrons. The number of hydrogen-bond acceptors (Lipinski definition) is 6. The molecule has 0 bridgehead atoms. The summed E-state index contributed by atoms with van der Waals surface area (Å²) in [6.07, 6.45) is 5.83. The largest absolute Gasteiger partial charge is 0.381 e. The van der Waals surface area contributed by atoms with Crippen molar-refractivity contribution in [3.8, 4) is 10.4 Å². The number of anilines is 1. The maximum Gasteiger partial charge on any atom is 0.232 e. The van der Waals surface area contributed by atoms with Crippen molar-refractivity contribution in [2.75, 3.05) is 18.5 Å². The van der Waals surface area contributed by atoms with Crippen LogP contribution in [-0.4, -0.2) is 34.3 Å². The van der Waals surface area contributed by atoms with Crippen LogP contribution in [0.5, 0.6) is 0 Å². The highest BCUT2D eigenvalue weighted by atomic mass is 32.1. The van der Waals surface area contributed by atoms with Crippen molar-refractivity contribution < 1.29 is 9.53 Å². The number of thiazole rings is 1. The zero-order chi connectivity index (χ0) is 18.0. The lowest BCUT2D eigenvalue weighted by atomic mass is 9.77. The lowest BCUT2D eigenvalue weighted by Crippen LogP contribution is -2.40. The predicted octanol–water partition coefficient (Wildman–Crippen LogP) is 3.90. The summed E-state index contributed by atoms with van der Waals surface area (Å²) >= 11 is 1.49. The van der Waals surface area contributed by atoms with E-state index in [0.29, 0.717) is 18.3 Å². The van der Waals surface area contributed by atoms with Crippen LogP contribution in [0.3, 0.4) is 0 Å². The van der Waals surface area contributed by atoms with Crippen molar-refractivity contribution in [3.05, 3.63) is 36.7 Å². The summed E-state index contributed by atoms with van der Waals surface area (Å²) in [5.74, 6) is 0.0537. The van der Waals surface area contributed by atoms with Gasteiger partial charge in [-0.05, 0) is 43.0 Å². The molecule has 1 saturated heterocycles. The van der Waals surface area contributed by atoms with Crippen molar-refractivity contribution >= 4 is 33.3 Å². The van der Waals surface area contributed by atoms with Gasteiger partial charge in [0.15, 0.2) is 5.13 Å². The Morgan fingerprint density at radius 1 is 1.31 bits per heavy atom. The van der Waals surface area contributed by atoms with Gasteiger partial charge in [-0.2, -0.15) is 10.2 Å². The molecule has 1 amide bonds. The number of aromatic nitrogens is 3. The number of carbonyl (C=O) groups is 1. The number of rotatable bonds is 4. The van der Waals surface area contributed by atoms with E-state index in [1.54, 1.807) is 12.4 Å². The molecule has 3 heterocycles. The second-order valence-electron chi connectivity index (χ2n) is 6.53. The molecule has 2 aromatic heterocycles. The van der Waals surface area contributed by atoms with Gasteiger partial charge in [0.2, 0.25) is 5.91 Å². The molecule has 0 aliphatic carbocycles. The van der Waals surface area contributed by atoms with E-state index < -0.39 is 0 Å². The molecule has 0 radical (unpaired) electrons. The van der Waals surface area contributed by atoms with E-state index in [-0.39, 0.29) is 11.3 Å². The number of hydrogen-bond donors (Lipinski definition) is 1. The molecule has 4 rings (SSSR count). The van der Waals surface area contributed by atoms with Crippen molar-refractivity contribution in [2.45, 2.75) is 26.2 Å². The third-order valence-corrected chi connectivity index (χ3v) is 6.09. The summed E-state index contributed by atoms with van der Waals surface area (Å²) in [6.45, 7) is 3.35. The molecule has 1 aromatic carbocycles. The number of amides is 1. The van der Waals surface area contributed by atoms with Gasteiger partial charge in [-0.25, -0.2) is 4.98 Å². The molecule has 0 unspecified atom stereocenters. The van der Waals surface area contributed by atoms with Gasteiger partial charge in [0.25, 0.3) is 0 Å². The lowest BCUT2D eigenvalue weighted by molar-refractivity contribution is -0.131. The Kier molecular flexibility index (Phi) is 4.65. The van der Waals surface area contributed by atoms with Gasteiger partial charge in [0.05, 0.1) is 22.0 Å². The number of nitrogens with zero attached hydrogens (tertiary/aromatic N) is 3. The Hall–Kier alpha value is -2.38. The van der Waals surface area contributed by atoms with Crippen molar-refractivity contribution in [3.63, 3.8) is 0 Å². The molecule has 1 N–H and O–H groups in total. The summed E-state index contributed by atoms with van der Waals surface area (Å²) < 4.78 is 5.42. The van der Waals surface area contributed by atoms with Crippen LogP contribution in [-0.2, 0) is 9.53 Å². The van der Waals surface area contributed by atoms with Gasteiger partial charge in [0.1, 0.15) is 0 Å². The number of nitrogens with one attached hydrogen (secondary N) is 1. The average molecular weight is 368 g/mol. The number of ether oxygens (including phenoxy) is 1. The summed E-state index contributed by atoms with van der Waals surface area (Å²) in [5.41, 5.74) is 1.57. The smallest absolute Gasteiger partial charge is 0.232 e. The van der Waals surface area contributed by atoms with E-state index in [9.17, 15) is 4.79 Å². The van der Waals surface area contributed by atoms with Crippen LogP contribution >= 0.6 is 11.3 Å². The molecular formula is C19H20N4O2S. The molecule has 6 nitrogen and oxygen atoms in total. The van der Waals surface area contributed by atoms with Crippen molar-refractivity contribution in [1.82, 2.24) is 15.2 Å². The second-order valence-corrected chi connectivity index (χ2v) is 7.57. The van der Waals surface area contributed by atoms with E-state index in [2.05, 4.69) is 33.5 Å². The molecule has 26 heavy (non-hydrogen) atoms. The fourth-order valence-corrected chi connectivity index (χ4v) is 4.15. The molecule has 0 saturated carbocycles. The zero-order valence-electron chi connectivity index (χ0n) is 14.6. The van der Waals surface area contributed by atoms with Crippen LogP contribution in [0, 0.1) is 5.41 Å². The van der Waals surface area contributed by atoms with Gasteiger partial charge in [0, 0.05) is 24.8 Å². The SMILES string of the molecule is CCC1(C(=O)Nc2ncc(-c3ccc4nnccc4c3)s2)CCOCC1. The Bertz CT molecular complexity index is 934. The minimum Gasteiger partial charge on any atom is -0.381 e. The fraction of sp³-hybridized carbons (Fsp3) is 0.368. The molecule has 3 aromatic rings. The third-order valence-electron chi connectivity index (χ3n) is 5.13. The van der Waals surface area contributed by atoms with Gasteiger partial charge >= 0.3 is 0 Å². The quantitative estimate of drug-likeness (QED) is 0.756. The zero-order valence-corrected chi connectivity index (χ0v) is 15.4. The summed E-state index contributed by atoms with van der Waals surface area (Å²) in [6, 6.07) is 7.95. The first-order valence-electron chi connectivity index (χ1n) is 8.77. The second kappa shape index (κ2) is 7.09. The normalized spacial score (nSPS) is 16.5. The first-order chi connectivity index (χ1) is 12.7. The van der Waals surface area contributed by atoms with Crippen LogP contribution in [0.25, 0.3) is 21.3 Å². The number of carbonyl (C=O) groups excluding carboxylic acids is 1. The highest BCUT2D eigenvalue weighted by Gasteiger charge is 2.38. The van der Waals surface area contributed by atoms with Crippen molar-refractivity contribution in [2.24, 2.45) is 5.41 Å². The molecule has 7 heteroatoms. The monoisotopic (exact) mass is 368 g/mol. The summed E-state index contributed by atoms with van der Waals surface area (Å²) in [5, 5.41) is 12.7. The van der Waals surface area contributed by atoms with Gasteiger partial charge in [-0.1, -0.05) is 24.3 Å². The van der Waals surface area contributed by atoms with Crippen LogP contribution in [0.4, 0.5) is 5.13 Å². The topological polar surface area (TPSA) is 77.0 Å². The Morgan fingerprint density at radius 2 is 2.15 bits per heavy atom. The van der Waals surface area contributed by atoms with Crippen LogP contribution in [0.15, 0.2) is 36.7 Å². The molecule has 1 fully saturated rings. The Morgan fingerprint density at radius 3 is 2.96 bits per heavy atom. The standard InChI is InChI=1S/C19H20N4O2S/c1-2-19(6-9-25-10-7-19)17(24)22-18-20-12-16(26-18)14-3-4-15-13(11-14)5-8-21-23-15/h3-5,8,11-12H,2,6-7,9-10H2,1H3,(H,20,22,24). The molecule has 1 aliphatic rings. The first-order valence-corrected chi connectivity index (χ1v) is 9.59. The summed E-state index contributed by atoms with van der Waals surface area (Å²) in [4.78, 5) is 18.2. The minimum absolute atomic E-state index is 0.0537. The molecular weight excluding hydrogens is 348 g/mol. The molecule has 0 spiro atoms. The number of fused-ring (bicyclic) bond motifs is 1. The van der Waals surface area contributed by atoms with Gasteiger partial charge in [-0.15, -0.1) is 0 Å². The maximum absolute atomic E-state index is 12.8. The number of benzene rings is 1. The highest BCUT2D eigenvalue weighted by molar-refractivity contribution is 7.19. The lowest BCUT2D eigenvalue weighted by Gasteiger charge is -2.34. The molecule has 0 atom stereocenters. The fourth-order valence-electron chi connectivity index (χ4n) is 3.34. The van der Waals surface area contributed by atoms with E-state index in [0.717, 1.165) is 40.6 Å². The first kappa shape index (κ1) is 17.1. The highest BCUT2D eigenvalue weighted by Crippen LogP contribution is 2.37. The average Bonchev–Trinajstić information content (AvgIpc) is 3.16. The summed E-state index contributed by atoms with van der Waals surface area (Å²) in [7, 11) is 0. The maximum atomic E-state index is 12.8. The molecule has 1 aliphatic heterocycles. The van der Waals surface area contributed by atoms with Gasteiger partial charge < -0.3 is 10.1 Å². The minimum atomic E-state index is -0.342. The van der Waals surface area contributed by atoms with E-state index in [1.807, 2.05) is 18.2 Å². The van der Waals surface area contributed by atoms with Gasteiger partial charge in [-0.3, -0.25) is 4.79 Å².